The maximum absolute atomic E-state index is 12.2. The standard InChI is InChI=1S/C17H17Cl2NO3/c1-11(21)9-10-23-17(22)12-5-2-3-8-15(12)20-16-13(18)6-4-7-14(16)19/h2-8,11,20-21H,9-10H2,1H3. The lowest BCUT2D eigenvalue weighted by Crippen LogP contribution is -2.12. The summed E-state index contributed by atoms with van der Waals surface area (Å²) in [4.78, 5) is 12.2. The van der Waals surface area contributed by atoms with Crippen molar-refractivity contribution in [2.75, 3.05) is 11.9 Å². The van der Waals surface area contributed by atoms with E-state index in [0.717, 1.165) is 0 Å². The quantitative estimate of drug-likeness (QED) is 0.741. The Morgan fingerprint density at radius 3 is 2.48 bits per heavy atom. The number of hydrogen-bond acceptors (Lipinski definition) is 4. The maximum Gasteiger partial charge on any atom is 0.340 e. The zero-order valence-electron chi connectivity index (χ0n) is 12.6. The van der Waals surface area contributed by atoms with Gasteiger partial charge in [0.2, 0.25) is 0 Å². The SMILES string of the molecule is CC(O)CCOC(=O)c1ccccc1Nc1c(Cl)cccc1Cl. The van der Waals surface area contributed by atoms with Crippen molar-refractivity contribution in [3.05, 3.63) is 58.1 Å². The number of anilines is 2. The van der Waals surface area contributed by atoms with E-state index in [1.165, 1.54) is 0 Å². The van der Waals surface area contributed by atoms with Crippen LogP contribution in [0.4, 0.5) is 11.4 Å². The molecule has 4 nitrogen and oxygen atoms in total. The van der Waals surface area contributed by atoms with Crippen LogP contribution in [-0.4, -0.2) is 23.8 Å². The molecule has 0 saturated carbocycles. The molecule has 0 spiro atoms. The lowest BCUT2D eigenvalue weighted by atomic mass is 10.1. The van der Waals surface area contributed by atoms with E-state index >= 15 is 0 Å². The van der Waals surface area contributed by atoms with Gasteiger partial charge in [-0.15, -0.1) is 0 Å². The van der Waals surface area contributed by atoms with Crippen molar-refractivity contribution in [2.24, 2.45) is 0 Å². The summed E-state index contributed by atoms with van der Waals surface area (Å²) in [5.41, 5.74) is 1.44. The van der Waals surface area contributed by atoms with Crippen LogP contribution in [0, 0.1) is 0 Å². The van der Waals surface area contributed by atoms with Gasteiger partial charge in [0.15, 0.2) is 0 Å². The zero-order chi connectivity index (χ0) is 16.8. The molecule has 0 heterocycles. The van der Waals surface area contributed by atoms with Crippen LogP contribution >= 0.6 is 23.2 Å². The van der Waals surface area contributed by atoms with Gasteiger partial charge in [-0.05, 0) is 31.2 Å². The molecule has 6 heteroatoms. The van der Waals surface area contributed by atoms with Crippen molar-refractivity contribution < 1.29 is 14.6 Å². The fourth-order valence-corrected chi connectivity index (χ4v) is 2.41. The molecule has 0 bridgehead atoms. The highest BCUT2D eigenvalue weighted by Gasteiger charge is 2.15. The van der Waals surface area contributed by atoms with Gasteiger partial charge in [-0.3, -0.25) is 0 Å². The molecule has 1 atom stereocenters. The zero-order valence-corrected chi connectivity index (χ0v) is 14.1. The molecule has 0 aliphatic heterocycles. The van der Waals surface area contributed by atoms with E-state index in [2.05, 4.69) is 5.32 Å². The summed E-state index contributed by atoms with van der Waals surface area (Å²) in [6.45, 7) is 1.79. The van der Waals surface area contributed by atoms with Crippen molar-refractivity contribution in [1.82, 2.24) is 0 Å². The van der Waals surface area contributed by atoms with Gasteiger partial charge in [0.1, 0.15) is 0 Å². The number of benzene rings is 2. The average Bonchev–Trinajstić information content (AvgIpc) is 2.51. The fourth-order valence-electron chi connectivity index (χ4n) is 1.92. The molecule has 2 rings (SSSR count). The van der Waals surface area contributed by atoms with Crippen LogP contribution in [0.25, 0.3) is 0 Å². The minimum absolute atomic E-state index is 0.150. The molecule has 0 radical (unpaired) electrons. The summed E-state index contributed by atoms with van der Waals surface area (Å²) < 4.78 is 5.17. The van der Waals surface area contributed by atoms with E-state index in [-0.39, 0.29) is 6.61 Å². The average molecular weight is 354 g/mol. The number of carbonyl (C=O) groups is 1. The van der Waals surface area contributed by atoms with Crippen LogP contribution in [0.5, 0.6) is 0 Å². The Labute approximate surface area is 145 Å². The molecule has 2 aromatic rings. The Morgan fingerprint density at radius 2 is 1.83 bits per heavy atom. The summed E-state index contributed by atoms with van der Waals surface area (Å²) in [6, 6.07) is 12.1. The molecule has 2 aromatic carbocycles. The Balaban J connectivity index is 2.19. The topological polar surface area (TPSA) is 58.6 Å². The number of rotatable bonds is 6. The highest BCUT2D eigenvalue weighted by molar-refractivity contribution is 6.39. The Morgan fingerprint density at radius 1 is 1.17 bits per heavy atom. The Hall–Kier alpha value is -1.75. The molecule has 0 amide bonds. The van der Waals surface area contributed by atoms with Crippen LogP contribution in [0.1, 0.15) is 23.7 Å². The first-order valence-electron chi connectivity index (χ1n) is 7.14. The first kappa shape index (κ1) is 17.6. The smallest absolute Gasteiger partial charge is 0.340 e. The molecule has 0 aliphatic rings. The first-order chi connectivity index (χ1) is 11.0. The summed E-state index contributed by atoms with van der Waals surface area (Å²) >= 11 is 12.3. The lowest BCUT2D eigenvalue weighted by molar-refractivity contribution is 0.0445. The van der Waals surface area contributed by atoms with Crippen LogP contribution in [-0.2, 0) is 4.74 Å². The molecular formula is C17H17Cl2NO3. The number of aliphatic hydroxyl groups is 1. The molecule has 122 valence electrons. The van der Waals surface area contributed by atoms with Crippen molar-refractivity contribution >= 4 is 40.5 Å². The van der Waals surface area contributed by atoms with E-state index in [1.807, 2.05) is 0 Å². The van der Waals surface area contributed by atoms with E-state index in [0.29, 0.717) is 33.4 Å². The van der Waals surface area contributed by atoms with E-state index in [9.17, 15) is 9.90 Å². The van der Waals surface area contributed by atoms with E-state index in [4.69, 9.17) is 27.9 Å². The normalized spacial score (nSPS) is 11.8. The second-order valence-corrected chi connectivity index (χ2v) is 5.86. The number of hydrogen-bond donors (Lipinski definition) is 2. The third-order valence-corrected chi connectivity index (χ3v) is 3.77. The molecule has 23 heavy (non-hydrogen) atoms. The summed E-state index contributed by atoms with van der Waals surface area (Å²) in [6.07, 6.45) is -0.129. The Bertz CT molecular complexity index is 669. The second kappa shape index (κ2) is 8.20. The van der Waals surface area contributed by atoms with Crippen molar-refractivity contribution in [1.29, 1.82) is 0 Å². The van der Waals surface area contributed by atoms with E-state index < -0.39 is 12.1 Å². The lowest BCUT2D eigenvalue weighted by Gasteiger charge is -2.14. The third-order valence-electron chi connectivity index (χ3n) is 3.14. The van der Waals surface area contributed by atoms with Gasteiger partial charge in [0, 0.05) is 6.42 Å². The molecule has 0 aliphatic carbocycles. The molecule has 0 aromatic heterocycles. The van der Waals surface area contributed by atoms with Gasteiger partial charge in [0.05, 0.1) is 39.7 Å². The molecule has 0 fully saturated rings. The molecule has 0 saturated heterocycles. The number of nitrogens with one attached hydrogen (secondary N) is 1. The van der Waals surface area contributed by atoms with Crippen LogP contribution in [0.15, 0.2) is 42.5 Å². The summed E-state index contributed by atoms with van der Waals surface area (Å²) in [5.74, 6) is -0.475. The Kier molecular flexibility index (Phi) is 6.28. The van der Waals surface area contributed by atoms with Gasteiger partial charge in [-0.25, -0.2) is 4.79 Å². The minimum Gasteiger partial charge on any atom is -0.462 e. The van der Waals surface area contributed by atoms with Crippen LogP contribution in [0.2, 0.25) is 10.0 Å². The van der Waals surface area contributed by atoms with Crippen molar-refractivity contribution in [3.8, 4) is 0 Å². The fraction of sp³-hybridized carbons (Fsp3) is 0.235. The van der Waals surface area contributed by atoms with Gasteiger partial charge in [-0.2, -0.15) is 0 Å². The highest BCUT2D eigenvalue weighted by atomic mass is 35.5. The summed E-state index contributed by atoms with van der Waals surface area (Å²) in [7, 11) is 0. The second-order valence-electron chi connectivity index (χ2n) is 5.04. The third kappa shape index (κ3) is 4.86. The van der Waals surface area contributed by atoms with E-state index in [1.54, 1.807) is 49.4 Å². The number of ether oxygens (including phenoxy) is 1. The predicted octanol–water partition coefficient (Wildman–Crippen LogP) is 4.66. The van der Waals surface area contributed by atoms with Gasteiger partial charge >= 0.3 is 5.97 Å². The maximum atomic E-state index is 12.2. The predicted molar refractivity (Wildman–Crippen MR) is 92.8 cm³/mol. The van der Waals surface area contributed by atoms with Gasteiger partial charge in [-0.1, -0.05) is 41.4 Å². The number of esters is 1. The highest BCUT2D eigenvalue weighted by Crippen LogP contribution is 2.33. The molecule has 1 unspecified atom stereocenters. The minimum atomic E-state index is -0.516. The van der Waals surface area contributed by atoms with Gasteiger partial charge < -0.3 is 15.2 Å². The largest absolute Gasteiger partial charge is 0.462 e. The first-order valence-corrected chi connectivity index (χ1v) is 7.90. The van der Waals surface area contributed by atoms with Gasteiger partial charge in [0.25, 0.3) is 0 Å². The monoisotopic (exact) mass is 353 g/mol. The van der Waals surface area contributed by atoms with Crippen molar-refractivity contribution in [3.63, 3.8) is 0 Å². The summed E-state index contributed by atoms with van der Waals surface area (Å²) in [5, 5.41) is 13.2. The number of aliphatic hydroxyl groups excluding tert-OH is 1. The number of halogens is 2. The number of para-hydroxylation sites is 2. The number of carbonyl (C=O) groups excluding carboxylic acids is 1. The van der Waals surface area contributed by atoms with Crippen LogP contribution in [0.3, 0.4) is 0 Å². The van der Waals surface area contributed by atoms with Crippen LogP contribution < -0.4 is 5.32 Å². The molecular weight excluding hydrogens is 337 g/mol. The molecule has 2 N–H and O–H groups in total. The van der Waals surface area contributed by atoms with Crippen molar-refractivity contribution in [2.45, 2.75) is 19.4 Å².